The highest BCUT2D eigenvalue weighted by Gasteiger charge is 2.13. The van der Waals surface area contributed by atoms with Gasteiger partial charge in [-0.05, 0) is 18.4 Å². The van der Waals surface area contributed by atoms with E-state index in [1.807, 2.05) is 6.08 Å². The Bertz CT molecular complexity index is 279. The lowest BCUT2D eigenvalue weighted by molar-refractivity contribution is -0.137. The summed E-state index contributed by atoms with van der Waals surface area (Å²) in [6.45, 7) is 3.60. The van der Waals surface area contributed by atoms with Crippen LogP contribution in [-0.2, 0) is 14.3 Å². The van der Waals surface area contributed by atoms with E-state index in [1.54, 1.807) is 6.26 Å². The van der Waals surface area contributed by atoms with Crippen LogP contribution in [0.25, 0.3) is 0 Å². The van der Waals surface area contributed by atoms with E-state index >= 15 is 0 Å². The van der Waals surface area contributed by atoms with Crippen molar-refractivity contribution in [2.24, 2.45) is 5.92 Å². The SMILES string of the molecule is CCCCCC1C=COC=C(OC(C)=O)C1. The van der Waals surface area contributed by atoms with Gasteiger partial charge in [0.05, 0.1) is 6.26 Å². The van der Waals surface area contributed by atoms with Crippen LogP contribution in [-0.4, -0.2) is 5.97 Å². The van der Waals surface area contributed by atoms with Crippen molar-refractivity contribution < 1.29 is 14.3 Å². The molecule has 1 atom stereocenters. The molecule has 0 spiro atoms. The molecule has 0 amide bonds. The highest BCUT2D eigenvalue weighted by molar-refractivity contribution is 5.67. The first-order valence-electron chi connectivity index (χ1n) is 5.92. The molecule has 1 aliphatic heterocycles. The summed E-state index contributed by atoms with van der Waals surface area (Å²) < 4.78 is 10.2. The molecule has 0 bridgehead atoms. The Morgan fingerprint density at radius 2 is 2.38 bits per heavy atom. The van der Waals surface area contributed by atoms with Crippen LogP contribution >= 0.6 is 0 Å². The number of carbonyl (C=O) groups is 1. The van der Waals surface area contributed by atoms with Crippen LogP contribution in [0.2, 0.25) is 0 Å². The van der Waals surface area contributed by atoms with Gasteiger partial charge in [0.15, 0.2) is 0 Å². The van der Waals surface area contributed by atoms with Gasteiger partial charge in [-0.15, -0.1) is 0 Å². The van der Waals surface area contributed by atoms with E-state index in [0.29, 0.717) is 11.7 Å². The summed E-state index contributed by atoms with van der Waals surface area (Å²) in [7, 11) is 0. The predicted molar refractivity (Wildman–Crippen MR) is 62.3 cm³/mol. The first-order chi connectivity index (χ1) is 7.72. The second-order valence-corrected chi connectivity index (χ2v) is 4.10. The van der Waals surface area contributed by atoms with Crippen molar-refractivity contribution in [2.45, 2.75) is 46.0 Å². The van der Waals surface area contributed by atoms with Gasteiger partial charge in [-0.25, -0.2) is 0 Å². The summed E-state index contributed by atoms with van der Waals surface area (Å²) in [6, 6.07) is 0. The van der Waals surface area contributed by atoms with E-state index in [2.05, 4.69) is 6.92 Å². The number of esters is 1. The molecule has 0 aromatic rings. The first kappa shape index (κ1) is 12.8. The molecule has 16 heavy (non-hydrogen) atoms. The molecule has 0 N–H and O–H groups in total. The predicted octanol–water partition coefficient (Wildman–Crippen LogP) is 3.52. The third kappa shape index (κ3) is 5.01. The zero-order valence-electron chi connectivity index (χ0n) is 10.1. The Labute approximate surface area is 97.1 Å². The Morgan fingerprint density at radius 1 is 1.56 bits per heavy atom. The Hall–Kier alpha value is -1.25. The van der Waals surface area contributed by atoms with Gasteiger partial charge in [0, 0.05) is 13.3 Å². The number of hydrogen-bond acceptors (Lipinski definition) is 3. The molecule has 0 fully saturated rings. The number of carbonyl (C=O) groups excluding carboxylic acids is 1. The Kier molecular flexibility index (Phi) is 5.68. The molecule has 90 valence electrons. The van der Waals surface area contributed by atoms with E-state index in [1.165, 1.54) is 32.4 Å². The molecule has 1 aliphatic rings. The lowest BCUT2D eigenvalue weighted by Gasteiger charge is -2.11. The molecule has 3 nitrogen and oxygen atoms in total. The van der Waals surface area contributed by atoms with Crippen LogP contribution < -0.4 is 0 Å². The quantitative estimate of drug-likeness (QED) is 0.529. The largest absolute Gasteiger partial charge is 0.469 e. The Morgan fingerprint density at radius 3 is 3.06 bits per heavy atom. The molecule has 1 rings (SSSR count). The first-order valence-corrected chi connectivity index (χ1v) is 5.92. The summed E-state index contributed by atoms with van der Waals surface area (Å²) in [4.78, 5) is 10.9. The molecule has 3 heteroatoms. The minimum absolute atomic E-state index is 0.288. The summed E-state index contributed by atoms with van der Waals surface area (Å²) in [5, 5.41) is 0. The minimum Gasteiger partial charge on any atom is -0.469 e. The van der Waals surface area contributed by atoms with Crippen molar-refractivity contribution in [3.05, 3.63) is 24.4 Å². The number of hydrogen-bond donors (Lipinski definition) is 0. The zero-order chi connectivity index (χ0) is 11.8. The van der Waals surface area contributed by atoms with Crippen molar-refractivity contribution in [1.29, 1.82) is 0 Å². The third-order valence-corrected chi connectivity index (χ3v) is 2.55. The Balaban J connectivity index is 2.41. The number of rotatable bonds is 5. The second-order valence-electron chi connectivity index (χ2n) is 4.10. The number of unbranched alkanes of at least 4 members (excludes halogenated alkanes) is 2. The maximum atomic E-state index is 10.9. The summed E-state index contributed by atoms with van der Waals surface area (Å²) >= 11 is 0. The van der Waals surface area contributed by atoms with Gasteiger partial charge in [-0.3, -0.25) is 4.79 Å². The van der Waals surface area contributed by atoms with Gasteiger partial charge < -0.3 is 9.47 Å². The van der Waals surface area contributed by atoms with Gasteiger partial charge in [0.1, 0.15) is 12.0 Å². The molecular weight excluding hydrogens is 204 g/mol. The van der Waals surface area contributed by atoms with Crippen molar-refractivity contribution in [3.63, 3.8) is 0 Å². The fourth-order valence-electron chi connectivity index (χ4n) is 1.75. The minimum atomic E-state index is -0.288. The molecule has 0 aromatic carbocycles. The second kappa shape index (κ2) is 7.09. The monoisotopic (exact) mass is 224 g/mol. The van der Waals surface area contributed by atoms with Crippen LogP contribution in [0.4, 0.5) is 0 Å². The van der Waals surface area contributed by atoms with Crippen LogP contribution in [0.3, 0.4) is 0 Å². The molecule has 1 heterocycles. The molecule has 0 aromatic heterocycles. The molecule has 1 unspecified atom stereocenters. The fourth-order valence-corrected chi connectivity index (χ4v) is 1.75. The average Bonchev–Trinajstić information content (AvgIpc) is 2.43. The van der Waals surface area contributed by atoms with Crippen LogP contribution in [0.15, 0.2) is 24.4 Å². The van der Waals surface area contributed by atoms with Crippen LogP contribution in [0, 0.1) is 5.92 Å². The molecule has 0 aliphatic carbocycles. The average molecular weight is 224 g/mol. The van der Waals surface area contributed by atoms with Gasteiger partial charge >= 0.3 is 5.97 Å². The maximum absolute atomic E-state index is 10.9. The van der Waals surface area contributed by atoms with Crippen LogP contribution in [0.5, 0.6) is 0 Å². The maximum Gasteiger partial charge on any atom is 0.307 e. The summed E-state index contributed by atoms with van der Waals surface area (Å²) in [5.41, 5.74) is 0. The van der Waals surface area contributed by atoms with Crippen molar-refractivity contribution in [2.75, 3.05) is 0 Å². The van der Waals surface area contributed by atoms with E-state index < -0.39 is 0 Å². The van der Waals surface area contributed by atoms with Gasteiger partial charge in [0.25, 0.3) is 0 Å². The van der Waals surface area contributed by atoms with E-state index in [0.717, 1.165) is 12.8 Å². The van der Waals surface area contributed by atoms with E-state index in [4.69, 9.17) is 9.47 Å². The van der Waals surface area contributed by atoms with Crippen LogP contribution in [0.1, 0.15) is 46.0 Å². The van der Waals surface area contributed by atoms with Crippen molar-refractivity contribution in [1.82, 2.24) is 0 Å². The topological polar surface area (TPSA) is 35.5 Å². The highest BCUT2D eigenvalue weighted by atomic mass is 16.5. The van der Waals surface area contributed by atoms with Crippen molar-refractivity contribution in [3.8, 4) is 0 Å². The van der Waals surface area contributed by atoms with E-state index in [-0.39, 0.29) is 5.97 Å². The fraction of sp³-hybridized carbons (Fsp3) is 0.615. The third-order valence-electron chi connectivity index (χ3n) is 2.55. The lowest BCUT2D eigenvalue weighted by atomic mass is 9.97. The van der Waals surface area contributed by atoms with Gasteiger partial charge in [-0.1, -0.05) is 26.2 Å². The summed E-state index contributed by atoms with van der Waals surface area (Å²) in [5.74, 6) is 0.753. The molecule has 0 saturated heterocycles. The number of allylic oxidation sites excluding steroid dienone is 2. The lowest BCUT2D eigenvalue weighted by Crippen LogP contribution is -2.04. The van der Waals surface area contributed by atoms with E-state index in [9.17, 15) is 4.79 Å². The molecular formula is C13H20O3. The van der Waals surface area contributed by atoms with Gasteiger partial charge in [0.2, 0.25) is 0 Å². The van der Waals surface area contributed by atoms with Crippen molar-refractivity contribution >= 4 is 5.97 Å². The molecule has 0 saturated carbocycles. The smallest absolute Gasteiger partial charge is 0.307 e. The summed E-state index contributed by atoms with van der Waals surface area (Å²) in [6.07, 6.45) is 10.8. The highest BCUT2D eigenvalue weighted by Crippen LogP contribution is 2.23. The zero-order valence-corrected chi connectivity index (χ0v) is 10.1. The standard InChI is InChI=1S/C13H20O3/c1-3-4-5-6-12-7-8-15-10-13(9-12)16-11(2)14/h7-8,10,12H,3-6,9H2,1-2H3. The normalized spacial score (nSPS) is 19.6. The van der Waals surface area contributed by atoms with Gasteiger partial charge in [-0.2, -0.15) is 0 Å². The molecule has 0 radical (unpaired) electrons. The number of ether oxygens (including phenoxy) is 2.